The Morgan fingerprint density at radius 2 is 2.27 bits per heavy atom. The van der Waals surface area contributed by atoms with Gasteiger partial charge in [-0.3, -0.25) is 4.79 Å². The van der Waals surface area contributed by atoms with Gasteiger partial charge in [-0.15, -0.1) is 11.6 Å². The molecule has 1 unspecified atom stereocenters. The third kappa shape index (κ3) is 2.83. The molecule has 1 rings (SSSR count). The maximum atomic E-state index is 13.3. The van der Waals surface area contributed by atoms with Crippen LogP contribution in [0.15, 0.2) is 18.2 Å². The maximum absolute atomic E-state index is 13.3. The van der Waals surface area contributed by atoms with Gasteiger partial charge in [0.1, 0.15) is 5.82 Å². The number of hydrogen-bond acceptors (Lipinski definition) is 2. The van der Waals surface area contributed by atoms with E-state index >= 15 is 0 Å². The average molecular weight is 251 g/mol. The van der Waals surface area contributed by atoms with Gasteiger partial charge >= 0.3 is 5.97 Å². The van der Waals surface area contributed by atoms with Gasteiger partial charge in [0.2, 0.25) is 0 Å². The van der Waals surface area contributed by atoms with Crippen molar-refractivity contribution in [2.45, 2.75) is 12.3 Å². The number of ether oxygens (including phenoxy) is 1. The molecule has 0 N–H and O–H groups in total. The highest BCUT2D eigenvalue weighted by molar-refractivity contribution is 6.35. The van der Waals surface area contributed by atoms with Crippen molar-refractivity contribution in [1.29, 1.82) is 0 Å². The lowest BCUT2D eigenvalue weighted by Gasteiger charge is -2.11. The Labute approximate surface area is 96.9 Å². The summed E-state index contributed by atoms with van der Waals surface area (Å²) in [6, 6.07) is 4.10. The molecule has 0 aliphatic heterocycles. The number of carbonyl (C=O) groups is 1. The minimum absolute atomic E-state index is 0.0423. The van der Waals surface area contributed by atoms with Crippen LogP contribution >= 0.6 is 23.2 Å². The molecule has 0 aromatic heterocycles. The van der Waals surface area contributed by atoms with E-state index in [0.717, 1.165) is 0 Å². The second-order valence-electron chi connectivity index (χ2n) is 2.75. The third-order valence-corrected chi connectivity index (χ3v) is 2.47. The summed E-state index contributed by atoms with van der Waals surface area (Å²) < 4.78 is 18.0. The number of carbonyl (C=O) groups excluding carboxylic acids is 1. The van der Waals surface area contributed by atoms with Crippen molar-refractivity contribution in [3.8, 4) is 0 Å². The minimum atomic E-state index is -1.21. The van der Waals surface area contributed by atoms with E-state index < -0.39 is 17.2 Å². The highest BCUT2D eigenvalue weighted by Crippen LogP contribution is 2.31. The monoisotopic (exact) mass is 250 g/mol. The largest absolute Gasteiger partial charge is 0.465 e. The van der Waals surface area contributed by atoms with Gasteiger partial charge in [-0.25, -0.2) is 4.39 Å². The van der Waals surface area contributed by atoms with E-state index in [4.69, 9.17) is 23.2 Å². The molecule has 15 heavy (non-hydrogen) atoms. The molecular weight excluding hydrogens is 242 g/mol. The fraction of sp³-hybridized carbons (Fsp3) is 0.300. The Morgan fingerprint density at radius 1 is 1.60 bits per heavy atom. The summed E-state index contributed by atoms with van der Waals surface area (Å²) in [4.78, 5) is 11.3. The van der Waals surface area contributed by atoms with Crippen LogP contribution in [0.3, 0.4) is 0 Å². The molecule has 0 spiro atoms. The predicted molar refractivity (Wildman–Crippen MR) is 56.6 cm³/mol. The Morgan fingerprint density at radius 3 is 2.80 bits per heavy atom. The lowest BCUT2D eigenvalue weighted by atomic mass is 10.1. The highest BCUT2D eigenvalue weighted by Gasteiger charge is 2.24. The Hall–Kier alpha value is -0.800. The summed E-state index contributed by atoms with van der Waals surface area (Å²) in [5.41, 5.74) is -0.0423. The summed E-state index contributed by atoms with van der Waals surface area (Å²) >= 11 is 11.5. The number of benzene rings is 1. The van der Waals surface area contributed by atoms with E-state index in [-0.39, 0.29) is 17.2 Å². The van der Waals surface area contributed by atoms with Crippen LogP contribution in [0.1, 0.15) is 17.9 Å². The number of alkyl halides is 1. The van der Waals surface area contributed by atoms with Crippen LogP contribution < -0.4 is 0 Å². The predicted octanol–water partition coefficient (Wildman–Crippen LogP) is 3.32. The van der Waals surface area contributed by atoms with E-state index in [2.05, 4.69) is 4.74 Å². The molecule has 0 aliphatic carbocycles. The fourth-order valence-electron chi connectivity index (χ4n) is 1.09. The summed E-state index contributed by atoms with van der Waals surface area (Å²) in [6.45, 7) is 1.83. The summed E-state index contributed by atoms with van der Waals surface area (Å²) in [5.74, 6) is -1.32. The van der Waals surface area contributed by atoms with Crippen LogP contribution in [0.4, 0.5) is 4.39 Å². The minimum Gasteiger partial charge on any atom is -0.465 e. The standard InChI is InChI=1S/C10H9Cl2FO2/c1-2-15-10(14)9(12)8-6(11)4-3-5-7(8)13/h3-5,9H,2H2,1H3. The topological polar surface area (TPSA) is 26.3 Å². The van der Waals surface area contributed by atoms with E-state index in [0.29, 0.717) is 0 Å². The smallest absolute Gasteiger partial charge is 0.328 e. The molecule has 5 heteroatoms. The first-order valence-corrected chi connectivity index (χ1v) is 5.14. The first kappa shape index (κ1) is 12.3. The van der Waals surface area contributed by atoms with Gasteiger partial charge in [-0.2, -0.15) is 0 Å². The highest BCUT2D eigenvalue weighted by atomic mass is 35.5. The van der Waals surface area contributed by atoms with Gasteiger partial charge in [0, 0.05) is 10.6 Å². The molecule has 0 amide bonds. The van der Waals surface area contributed by atoms with Crippen LogP contribution in [-0.4, -0.2) is 12.6 Å². The number of hydrogen-bond donors (Lipinski definition) is 0. The second kappa shape index (κ2) is 5.33. The van der Waals surface area contributed by atoms with Crippen LogP contribution in [0.5, 0.6) is 0 Å². The first-order valence-electron chi connectivity index (χ1n) is 4.32. The number of rotatable bonds is 3. The Bertz CT molecular complexity index is 348. The van der Waals surface area contributed by atoms with E-state index in [1.54, 1.807) is 6.92 Å². The molecule has 0 aliphatic rings. The molecule has 0 saturated carbocycles. The zero-order valence-electron chi connectivity index (χ0n) is 7.97. The van der Waals surface area contributed by atoms with Crippen molar-refractivity contribution in [2.24, 2.45) is 0 Å². The van der Waals surface area contributed by atoms with Gasteiger partial charge in [0.05, 0.1) is 6.61 Å². The van der Waals surface area contributed by atoms with Crippen molar-refractivity contribution in [3.05, 3.63) is 34.6 Å². The van der Waals surface area contributed by atoms with Gasteiger partial charge in [0.15, 0.2) is 5.38 Å². The van der Waals surface area contributed by atoms with Crippen LogP contribution in [0.2, 0.25) is 5.02 Å². The lowest BCUT2D eigenvalue weighted by molar-refractivity contribution is -0.142. The zero-order valence-corrected chi connectivity index (χ0v) is 9.48. The molecule has 2 nitrogen and oxygen atoms in total. The van der Waals surface area contributed by atoms with Gasteiger partial charge < -0.3 is 4.74 Å². The third-order valence-electron chi connectivity index (χ3n) is 1.75. The molecule has 1 atom stereocenters. The van der Waals surface area contributed by atoms with E-state index in [1.807, 2.05) is 0 Å². The van der Waals surface area contributed by atoms with Crippen LogP contribution in [-0.2, 0) is 9.53 Å². The second-order valence-corrected chi connectivity index (χ2v) is 3.59. The molecule has 0 fully saturated rings. The Kier molecular flexibility index (Phi) is 4.36. The quantitative estimate of drug-likeness (QED) is 0.608. The SMILES string of the molecule is CCOC(=O)C(Cl)c1c(F)cccc1Cl. The van der Waals surface area contributed by atoms with Gasteiger partial charge in [0.25, 0.3) is 0 Å². The van der Waals surface area contributed by atoms with Crippen molar-refractivity contribution in [1.82, 2.24) is 0 Å². The molecule has 1 aromatic carbocycles. The van der Waals surface area contributed by atoms with Crippen LogP contribution in [0.25, 0.3) is 0 Å². The first-order chi connectivity index (χ1) is 7.07. The molecular formula is C10H9Cl2FO2. The lowest BCUT2D eigenvalue weighted by Crippen LogP contribution is -2.12. The van der Waals surface area contributed by atoms with Crippen LogP contribution in [0, 0.1) is 5.82 Å². The van der Waals surface area contributed by atoms with Crippen molar-refractivity contribution < 1.29 is 13.9 Å². The summed E-state index contributed by atoms with van der Waals surface area (Å²) in [7, 11) is 0. The summed E-state index contributed by atoms with van der Waals surface area (Å²) in [5, 5.41) is -1.10. The molecule has 0 bridgehead atoms. The van der Waals surface area contributed by atoms with Crippen molar-refractivity contribution >= 4 is 29.2 Å². The average Bonchev–Trinajstić information content (AvgIpc) is 2.17. The molecule has 0 saturated heterocycles. The number of halogens is 3. The van der Waals surface area contributed by atoms with Crippen molar-refractivity contribution in [3.63, 3.8) is 0 Å². The molecule has 82 valence electrons. The van der Waals surface area contributed by atoms with Gasteiger partial charge in [-0.1, -0.05) is 17.7 Å². The Balaban J connectivity index is 3.00. The molecule has 1 aromatic rings. The molecule has 0 radical (unpaired) electrons. The summed E-state index contributed by atoms with van der Waals surface area (Å²) in [6.07, 6.45) is 0. The van der Waals surface area contributed by atoms with E-state index in [9.17, 15) is 9.18 Å². The zero-order chi connectivity index (χ0) is 11.4. The number of esters is 1. The normalized spacial score (nSPS) is 12.3. The van der Waals surface area contributed by atoms with E-state index in [1.165, 1.54) is 18.2 Å². The fourth-order valence-corrected chi connectivity index (χ4v) is 1.70. The molecule has 0 heterocycles. The van der Waals surface area contributed by atoms with Gasteiger partial charge in [-0.05, 0) is 19.1 Å². The van der Waals surface area contributed by atoms with Crippen molar-refractivity contribution in [2.75, 3.05) is 6.61 Å². The maximum Gasteiger partial charge on any atom is 0.328 e.